The van der Waals surface area contributed by atoms with E-state index in [-0.39, 0.29) is 29.3 Å². The van der Waals surface area contributed by atoms with Gasteiger partial charge in [-0.1, -0.05) is 17.7 Å². The summed E-state index contributed by atoms with van der Waals surface area (Å²) in [6.45, 7) is 0.480. The Bertz CT molecular complexity index is 1530. The lowest BCUT2D eigenvalue weighted by Gasteiger charge is -2.56. The van der Waals surface area contributed by atoms with Crippen LogP contribution in [0.15, 0.2) is 48.7 Å². The van der Waals surface area contributed by atoms with Gasteiger partial charge >= 0.3 is 5.97 Å². The van der Waals surface area contributed by atoms with Crippen LogP contribution in [0.5, 0.6) is 5.88 Å². The fourth-order valence-corrected chi connectivity index (χ4v) is 6.22. The first-order chi connectivity index (χ1) is 17.9. The van der Waals surface area contributed by atoms with Crippen molar-refractivity contribution in [3.8, 4) is 5.88 Å². The van der Waals surface area contributed by atoms with Crippen LogP contribution in [0.2, 0.25) is 5.02 Å². The van der Waals surface area contributed by atoms with E-state index in [1.165, 1.54) is 7.11 Å². The zero-order valence-electron chi connectivity index (χ0n) is 20.7. The van der Waals surface area contributed by atoms with Crippen LogP contribution in [0.4, 0.5) is 0 Å². The molecular formula is C28H27ClN4O4. The summed E-state index contributed by atoms with van der Waals surface area (Å²) in [6, 6.07) is 13.4. The first-order valence-corrected chi connectivity index (χ1v) is 12.7. The fraction of sp³-hybridized carbons (Fsp3) is 0.357. The van der Waals surface area contributed by atoms with Gasteiger partial charge in [0.15, 0.2) is 0 Å². The number of esters is 1. The molecule has 2 aromatic heterocycles. The summed E-state index contributed by atoms with van der Waals surface area (Å²) in [7, 11) is 3.03. The van der Waals surface area contributed by atoms with Crippen molar-refractivity contribution in [3.05, 3.63) is 64.8 Å². The number of hydrogen-bond acceptors (Lipinski definition) is 6. The number of benzene rings is 2. The normalized spacial score (nSPS) is 22.5. The molecule has 0 aliphatic heterocycles. The maximum Gasteiger partial charge on any atom is 0.308 e. The highest BCUT2D eigenvalue weighted by Gasteiger charge is 2.55. The van der Waals surface area contributed by atoms with Crippen LogP contribution in [0, 0.1) is 11.3 Å². The molecule has 1 amide bonds. The zero-order valence-corrected chi connectivity index (χ0v) is 21.4. The third-order valence-corrected chi connectivity index (χ3v) is 8.18. The van der Waals surface area contributed by atoms with Gasteiger partial charge in [0.25, 0.3) is 5.91 Å². The summed E-state index contributed by atoms with van der Waals surface area (Å²) < 4.78 is 11.9. The van der Waals surface area contributed by atoms with E-state index in [4.69, 9.17) is 21.1 Å². The highest BCUT2D eigenvalue weighted by Crippen LogP contribution is 2.59. The van der Waals surface area contributed by atoms with Crippen molar-refractivity contribution in [2.75, 3.05) is 14.2 Å². The number of methoxy groups -OCH3 is 2. The molecule has 6 rings (SSSR count). The molecule has 2 aliphatic carbocycles. The average molecular weight is 519 g/mol. The van der Waals surface area contributed by atoms with Gasteiger partial charge in [-0.2, -0.15) is 5.10 Å². The standard InChI is InChI=1S/C28H27ClN4O4/c1-36-24-8-4-17-9-16(3-7-23(17)32-24)15-33-25-20(5-6-22(29)21(25)14-30-33)26(34)31-19-12-28(13-19)10-18(11-28)27(35)37-2/h3-9,14,18-19H,10-13,15H2,1-2H3,(H,31,34). The molecular weight excluding hydrogens is 492 g/mol. The second-order valence-corrected chi connectivity index (χ2v) is 10.7. The molecule has 2 saturated carbocycles. The topological polar surface area (TPSA) is 95.3 Å². The van der Waals surface area contributed by atoms with E-state index in [2.05, 4.69) is 21.5 Å². The third kappa shape index (κ3) is 4.19. The highest BCUT2D eigenvalue weighted by atomic mass is 35.5. The molecule has 8 nitrogen and oxygen atoms in total. The molecule has 190 valence electrons. The van der Waals surface area contributed by atoms with Crippen molar-refractivity contribution in [1.29, 1.82) is 0 Å². The minimum atomic E-state index is -0.137. The van der Waals surface area contributed by atoms with Gasteiger partial charge in [-0.15, -0.1) is 0 Å². The van der Waals surface area contributed by atoms with E-state index in [9.17, 15) is 9.59 Å². The predicted molar refractivity (Wildman–Crippen MR) is 140 cm³/mol. The smallest absolute Gasteiger partial charge is 0.308 e. The molecule has 2 fully saturated rings. The molecule has 0 atom stereocenters. The van der Waals surface area contributed by atoms with Crippen LogP contribution in [0.25, 0.3) is 21.8 Å². The molecule has 2 aliphatic rings. The SMILES string of the molecule is COC(=O)C1CC2(CC(NC(=O)c3ccc(Cl)c4cnn(Cc5ccc6nc(OC)ccc6c5)c34)C2)C1. The summed E-state index contributed by atoms with van der Waals surface area (Å²) in [6.07, 6.45) is 5.17. The van der Waals surface area contributed by atoms with E-state index in [1.54, 1.807) is 25.4 Å². The number of halogens is 1. The molecule has 2 heterocycles. The van der Waals surface area contributed by atoms with Crippen molar-refractivity contribution in [1.82, 2.24) is 20.1 Å². The molecule has 1 N–H and O–H groups in total. The van der Waals surface area contributed by atoms with Crippen LogP contribution in [0.1, 0.15) is 41.6 Å². The number of nitrogens with one attached hydrogen (secondary N) is 1. The maximum absolute atomic E-state index is 13.4. The Hall–Kier alpha value is -3.65. The Morgan fingerprint density at radius 1 is 1.11 bits per heavy atom. The van der Waals surface area contributed by atoms with Crippen LogP contribution < -0.4 is 10.1 Å². The predicted octanol–water partition coefficient (Wildman–Crippen LogP) is 4.76. The summed E-state index contributed by atoms with van der Waals surface area (Å²) in [5.41, 5.74) is 3.30. The minimum absolute atomic E-state index is 0.000176. The van der Waals surface area contributed by atoms with Gasteiger partial charge in [-0.25, -0.2) is 4.98 Å². The van der Waals surface area contributed by atoms with Crippen molar-refractivity contribution in [2.45, 2.75) is 38.3 Å². The van der Waals surface area contributed by atoms with E-state index in [1.807, 2.05) is 28.9 Å². The van der Waals surface area contributed by atoms with Crippen LogP contribution in [-0.2, 0) is 16.1 Å². The lowest BCUT2D eigenvalue weighted by Crippen LogP contribution is -2.57. The molecule has 0 bridgehead atoms. The van der Waals surface area contributed by atoms with E-state index in [0.29, 0.717) is 28.5 Å². The highest BCUT2D eigenvalue weighted by molar-refractivity contribution is 6.36. The number of rotatable bonds is 6. The molecule has 0 radical (unpaired) electrons. The van der Waals surface area contributed by atoms with Gasteiger partial charge in [0, 0.05) is 22.9 Å². The van der Waals surface area contributed by atoms with Gasteiger partial charge in [0.05, 0.1) is 54.5 Å². The van der Waals surface area contributed by atoms with Gasteiger partial charge < -0.3 is 14.8 Å². The fourth-order valence-electron chi connectivity index (χ4n) is 6.02. The Balaban J connectivity index is 1.21. The quantitative estimate of drug-likeness (QED) is 0.370. The number of carbonyl (C=O) groups excluding carboxylic acids is 2. The summed E-state index contributed by atoms with van der Waals surface area (Å²) >= 11 is 6.47. The van der Waals surface area contributed by atoms with Crippen molar-refractivity contribution in [3.63, 3.8) is 0 Å². The first-order valence-electron chi connectivity index (χ1n) is 12.3. The van der Waals surface area contributed by atoms with Gasteiger partial charge in [0.1, 0.15) is 0 Å². The van der Waals surface area contributed by atoms with E-state index < -0.39 is 0 Å². The number of nitrogens with zero attached hydrogens (tertiary/aromatic N) is 3. The number of carbonyl (C=O) groups is 2. The monoisotopic (exact) mass is 518 g/mol. The number of ether oxygens (including phenoxy) is 2. The minimum Gasteiger partial charge on any atom is -0.481 e. The molecule has 2 aromatic carbocycles. The second-order valence-electron chi connectivity index (χ2n) is 10.2. The van der Waals surface area contributed by atoms with Crippen molar-refractivity contribution in [2.24, 2.45) is 11.3 Å². The number of amides is 1. The number of pyridine rings is 1. The summed E-state index contributed by atoms with van der Waals surface area (Å²) in [4.78, 5) is 29.6. The van der Waals surface area contributed by atoms with Crippen LogP contribution >= 0.6 is 11.6 Å². The molecule has 37 heavy (non-hydrogen) atoms. The first kappa shape index (κ1) is 23.7. The Kier molecular flexibility index (Phi) is 5.79. The van der Waals surface area contributed by atoms with E-state index >= 15 is 0 Å². The Morgan fingerprint density at radius 2 is 1.92 bits per heavy atom. The van der Waals surface area contributed by atoms with Crippen LogP contribution in [-0.4, -0.2) is 46.9 Å². The Morgan fingerprint density at radius 3 is 2.68 bits per heavy atom. The summed E-state index contributed by atoms with van der Waals surface area (Å²) in [5.74, 6) is 0.306. The lowest BCUT2D eigenvalue weighted by molar-refractivity contribution is -0.159. The molecule has 0 unspecified atom stereocenters. The third-order valence-electron chi connectivity index (χ3n) is 7.85. The van der Waals surface area contributed by atoms with E-state index in [0.717, 1.165) is 47.5 Å². The second kappa shape index (κ2) is 9.03. The lowest BCUT2D eigenvalue weighted by atomic mass is 9.50. The van der Waals surface area contributed by atoms with Crippen LogP contribution in [0.3, 0.4) is 0 Å². The van der Waals surface area contributed by atoms with Gasteiger partial charge in [-0.05, 0) is 67.0 Å². The molecule has 1 spiro atoms. The number of hydrogen-bond donors (Lipinski definition) is 1. The number of aromatic nitrogens is 3. The number of fused-ring (bicyclic) bond motifs is 2. The average Bonchev–Trinajstić information content (AvgIpc) is 3.28. The molecule has 4 aromatic rings. The van der Waals surface area contributed by atoms with Gasteiger partial charge in [0.2, 0.25) is 5.88 Å². The maximum atomic E-state index is 13.4. The van der Waals surface area contributed by atoms with Crippen molar-refractivity contribution >= 4 is 45.3 Å². The summed E-state index contributed by atoms with van der Waals surface area (Å²) in [5, 5.41) is 10.0. The largest absolute Gasteiger partial charge is 0.481 e. The van der Waals surface area contributed by atoms with Crippen molar-refractivity contribution < 1.29 is 19.1 Å². The molecule has 0 saturated heterocycles. The Labute approximate surface area is 218 Å². The van der Waals surface area contributed by atoms with Gasteiger partial charge in [-0.3, -0.25) is 14.3 Å². The zero-order chi connectivity index (χ0) is 25.7. The molecule has 9 heteroatoms.